The predicted octanol–water partition coefficient (Wildman–Crippen LogP) is 2.42. The highest BCUT2D eigenvalue weighted by atomic mass is 16.2. The Labute approximate surface area is 154 Å². The minimum Gasteiger partial charge on any atom is -0.339 e. The van der Waals surface area contributed by atoms with Gasteiger partial charge in [0.25, 0.3) is 5.91 Å². The summed E-state index contributed by atoms with van der Waals surface area (Å²) in [5.74, 6) is 0.160. The summed E-state index contributed by atoms with van der Waals surface area (Å²) in [7, 11) is 0. The number of rotatable bonds is 4. The van der Waals surface area contributed by atoms with Crippen LogP contribution in [0.25, 0.3) is 0 Å². The molecule has 1 amide bonds. The van der Waals surface area contributed by atoms with Gasteiger partial charge in [0.2, 0.25) is 0 Å². The van der Waals surface area contributed by atoms with Crippen LogP contribution in [0.5, 0.6) is 0 Å². The highest BCUT2D eigenvalue weighted by molar-refractivity contribution is 5.94. The second kappa shape index (κ2) is 7.99. The molecule has 1 aromatic carbocycles. The van der Waals surface area contributed by atoms with Crippen molar-refractivity contribution in [1.82, 2.24) is 24.8 Å². The first-order valence-electron chi connectivity index (χ1n) is 9.76. The quantitative estimate of drug-likeness (QED) is 0.847. The van der Waals surface area contributed by atoms with Gasteiger partial charge >= 0.3 is 0 Å². The molecular weight excluding hydrogens is 326 g/mol. The number of benzene rings is 1. The molecule has 0 bridgehead atoms. The average Bonchev–Trinajstić information content (AvgIpc) is 3.32. The standard InChI is InChI=1S/C20H27N5O/c26-20(18-6-3-5-17(15-18)16-25-14-9-21-22-25)24-12-4-7-19(8-13-24)23-10-1-2-11-23/h3,5-6,9,14-15,19H,1-2,4,7-8,10-13,16H2/t19-/m0/s1. The summed E-state index contributed by atoms with van der Waals surface area (Å²) in [5, 5.41) is 7.83. The van der Waals surface area contributed by atoms with E-state index in [1.807, 2.05) is 35.4 Å². The Morgan fingerprint density at radius 3 is 2.77 bits per heavy atom. The lowest BCUT2D eigenvalue weighted by Gasteiger charge is -2.26. The van der Waals surface area contributed by atoms with Crippen LogP contribution in [0.3, 0.4) is 0 Å². The van der Waals surface area contributed by atoms with Gasteiger partial charge in [-0.15, -0.1) is 5.10 Å². The zero-order valence-electron chi connectivity index (χ0n) is 15.3. The van der Waals surface area contributed by atoms with Crippen molar-refractivity contribution in [2.75, 3.05) is 26.2 Å². The molecule has 0 unspecified atom stereocenters. The van der Waals surface area contributed by atoms with Crippen molar-refractivity contribution in [2.45, 2.75) is 44.7 Å². The fraction of sp³-hybridized carbons (Fsp3) is 0.550. The van der Waals surface area contributed by atoms with Crippen molar-refractivity contribution >= 4 is 5.91 Å². The van der Waals surface area contributed by atoms with E-state index in [-0.39, 0.29) is 5.91 Å². The molecule has 138 valence electrons. The minimum absolute atomic E-state index is 0.160. The molecule has 0 saturated carbocycles. The molecule has 1 aromatic heterocycles. The summed E-state index contributed by atoms with van der Waals surface area (Å²) in [6.07, 6.45) is 9.59. The van der Waals surface area contributed by atoms with Crippen molar-refractivity contribution < 1.29 is 4.79 Å². The molecular formula is C20H27N5O. The van der Waals surface area contributed by atoms with Crippen molar-refractivity contribution in [3.05, 3.63) is 47.8 Å². The molecule has 0 aliphatic carbocycles. The van der Waals surface area contributed by atoms with Crippen molar-refractivity contribution in [3.8, 4) is 0 Å². The molecule has 2 aliphatic rings. The Hall–Kier alpha value is -2.21. The van der Waals surface area contributed by atoms with Crippen molar-refractivity contribution in [1.29, 1.82) is 0 Å². The van der Waals surface area contributed by atoms with Gasteiger partial charge in [0.1, 0.15) is 0 Å². The van der Waals surface area contributed by atoms with Gasteiger partial charge in [0.05, 0.1) is 12.7 Å². The van der Waals surface area contributed by atoms with Crippen molar-refractivity contribution in [2.24, 2.45) is 0 Å². The van der Waals surface area contributed by atoms with Gasteiger partial charge in [-0.05, 0) is 62.9 Å². The maximum Gasteiger partial charge on any atom is 0.253 e. The Balaban J connectivity index is 1.40. The molecule has 2 aromatic rings. The van der Waals surface area contributed by atoms with Crippen LogP contribution in [-0.4, -0.2) is 62.9 Å². The van der Waals surface area contributed by atoms with Crippen LogP contribution in [0.1, 0.15) is 48.0 Å². The first kappa shape index (κ1) is 17.2. The molecule has 26 heavy (non-hydrogen) atoms. The zero-order chi connectivity index (χ0) is 17.8. The predicted molar refractivity (Wildman–Crippen MR) is 99.9 cm³/mol. The monoisotopic (exact) mass is 353 g/mol. The third kappa shape index (κ3) is 3.96. The zero-order valence-corrected chi connectivity index (χ0v) is 15.3. The summed E-state index contributed by atoms with van der Waals surface area (Å²) in [6, 6.07) is 8.58. The molecule has 3 heterocycles. The number of carbonyl (C=O) groups is 1. The molecule has 6 heteroatoms. The third-order valence-corrected chi connectivity index (χ3v) is 5.63. The van der Waals surface area contributed by atoms with Gasteiger partial charge in [0, 0.05) is 30.9 Å². The number of aromatic nitrogens is 3. The van der Waals surface area contributed by atoms with Gasteiger partial charge in [-0.1, -0.05) is 17.3 Å². The van der Waals surface area contributed by atoms with E-state index in [9.17, 15) is 4.79 Å². The summed E-state index contributed by atoms with van der Waals surface area (Å²) >= 11 is 0. The summed E-state index contributed by atoms with van der Waals surface area (Å²) < 4.78 is 1.77. The maximum atomic E-state index is 13.0. The normalized spacial score (nSPS) is 21.7. The van der Waals surface area contributed by atoms with Crippen molar-refractivity contribution in [3.63, 3.8) is 0 Å². The largest absolute Gasteiger partial charge is 0.339 e. The number of hydrogen-bond donors (Lipinski definition) is 0. The molecule has 1 atom stereocenters. The molecule has 2 aliphatic heterocycles. The molecule has 4 rings (SSSR count). The molecule has 0 spiro atoms. The van der Waals surface area contributed by atoms with Crippen LogP contribution in [0.15, 0.2) is 36.7 Å². The molecule has 2 fully saturated rings. The smallest absolute Gasteiger partial charge is 0.253 e. The van der Waals surface area contributed by atoms with Gasteiger partial charge in [-0.2, -0.15) is 0 Å². The Kier molecular flexibility index (Phi) is 5.29. The van der Waals surface area contributed by atoms with E-state index in [0.29, 0.717) is 12.6 Å². The Morgan fingerprint density at radius 2 is 1.96 bits per heavy atom. The minimum atomic E-state index is 0.160. The fourth-order valence-electron chi connectivity index (χ4n) is 4.24. The summed E-state index contributed by atoms with van der Waals surface area (Å²) in [5.41, 5.74) is 1.85. The molecule has 2 saturated heterocycles. The fourth-order valence-corrected chi connectivity index (χ4v) is 4.24. The molecule has 6 nitrogen and oxygen atoms in total. The summed E-state index contributed by atoms with van der Waals surface area (Å²) in [4.78, 5) is 17.7. The maximum absolute atomic E-state index is 13.0. The lowest BCUT2D eigenvalue weighted by molar-refractivity contribution is 0.0757. The average molecular weight is 353 g/mol. The number of carbonyl (C=O) groups excluding carboxylic acids is 1. The van der Waals surface area contributed by atoms with Gasteiger partial charge in [-0.25, -0.2) is 4.68 Å². The van der Waals surface area contributed by atoms with Crippen LogP contribution in [0, 0.1) is 0 Å². The SMILES string of the molecule is O=C(c1cccc(Cn2ccnn2)c1)N1CCC[C@H](N2CCCC2)CC1. The van der Waals surface area contributed by atoms with Crippen LogP contribution >= 0.6 is 0 Å². The van der Waals surface area contributed by atoms with E-state index >= 15 is 0 Å². The first-order valence-corrected chi connectivity index (χ1v) is 9.76. The third-order valence-electron chi connectivity index (χ3n) is 5.63. The number of hydrogen-bond acceptors (Lipinski definition) is 4. The number of nitrogens with zero attached hydrogens (tertiary/aromatic N) is 5. The van der Waals surface area contributed by atoms with Crippen LogP contribution in [0.4, 0.5) is 0 Å². The molecule has 0 radical (unpaired) electrons. The van der Waals surface area contributed by atoms with Gasteiger partial charge < -0.3 is 9.80 Å². The van der Waals surface area contributed by atoms with E-state index in [4.69, 9.17) is 0 Å². The Bertz CT molecular complexity index is 724. The van der Waals surface area contributed by atoms with E-state index in [1.165, 1.54) is 32.4 Å². The van der Waals surface area contributed by atoms with Gasteiger partial charge in [0.15, 0.2) is 0 Å². The van der Waals surface area contributed by atoms with E-state index in [2.05, 4.69) is 15.2 Å². The highest BCUT2D eigenvalue weighted by Crippen LogP contribution is 2.22. The Morgan fingerprint density at radius 1 is 1.08 bits per heavy atom. The summed E-state index contributed by atoms with van der Waals surface area (Å²) in [6.45, 7) is 4.85. The van der Waals surface area contributed by atoms with Crippen LogP contribution in [-0.2, 0) is 6.54 Å². The van der Waals surface area contributed by atoms with Gasteiger partial charge in [-0.3, -0.25) is 4.79 Å². The second-order valence-corrected chi connectivity index (χ2v) is 7.42. The topological polar surface area (TPSA) is 54.3 Å². The van der Waals surface area contributed by atoms with Crippen LogP contribution in [0.2, 0.25) is 0 Å². The van der Waals surface area contributed by atoms with E-state index in [1.54, 1.807) is 10.9 Å². The number of likely N-dealkylation sites (tertiary alicyclic amines) is 2. The lowest BCUT2D eigenvalue weighted by Crippen LogP contribution is -2.35. The molecule has 0 N–H and O–H groups in total. The van der Waals surface area contributed by atoms with E-state index in [0.717, 1.165) is 37.1 Å². The van der Waals surface area contributed by atoms with E-state index < -0.39 is 0 Å². The highest BCUT2D eigenvalue weighted by Gasteiger charge is 2.26. The van der Waals surface area contributed by atoms with Crippen LogP contribution < -0.4 is 0 Å². The second-order valence-electron chi connectivity index (χ2n) is 7.42. The first-order chi connectivity index (χ1) is 12.8. The number of amides is 1. The lowest BCUT2D eigenvalue weighted by atomic mass is 10.1.